The Balaban J connectivity index is 1.64. The van der Waals surface area contributed by atoms with E-state index in [9.17, 15) is 0 Å². The smallest absolute Gasteiger partial charge is 0.115 e. The molecular formula is C17H17ClN4. The Morgan fingerprint density at radius 3 is 2.45 bits per heavy atom. The zero-order chi connectivity index (χ0) is 14.9. The Labute approximate surface area is 134 Å². The maximum absolute atomic E-state index is 5.92. The zero-order valence-corrected chi connectivity index (χ0v) is 12.9. The predicted octanol–water partition coefficient (Wildman–Crippen LogP) is 4.43. The first kappa shape index (κ1) is 13.6. The molecule has 4 nitrogen and oxygen atoms in total. The number of anilines is 1. The van der Waals surface area contributed by atoms with Gasteiger partial charge < -0.3 is 5.32 Å². The van der Waals surface area contributed by atoms with Gasteiger partial charge in [-0.25, -0.2) is 0 Å². The molecule has 0 radical (unpaired) electrons. The van der Waals surface area contributed by atoms with Gasteiger partial charge >= 0.3 is 0 Å². The van der Waals surface area contributed by atoms with Gasteiger partial charge in [-0.05, 0) is 55.3 Å². The van der Waals surface area contributed by atoms with Crippen molar-refractivity contribution in [1.82, 2.24) is 15.0 Å². The van der Waals surface area contributed by atoms with Gasteiger partial charge in [0, 0.05) is 16.8 Å². The summed E-state index contributed by atoms with van der Waals surface area (Å²) >= 11 is 5.92. The summed E-state index contributed by atoms with van der Waals surface area (Å²) in [5.41, 5.74) is 3.83. The average molecular weight is 313 g/mol. The fourth-order valence-electron chi connectivity index (χ4n) is 3.00. The van der Waals surface area contributed by atoms with Gasteiger partial charge in [0.15, 0.2) is 0 Å². The molecule has 0 amide bonds. The Morgan fingerprint density at radius 2 is 1.68 bits per heavy atom. The van der Waals surface area contributed by atoms with Crippen molar-refractivity contribution in [2.24, 2.45) is 0 Å². The normalized spacial score (nSPS) is 15.5. The first-order chi connectivity index (χ1) is 10.8. The first-order valence-electron chi connectivity index (χ1n) is 7.67. The van der Waals surface area contributed by atoms with Crippen LogP contribution in [0.1, 0.15) is 25.7 Å². The number of rotatable bonds is 3. The molecule has 1 aromatic heterocycles. The SMILES string of the molecule is Clc1ccc(-n2nc3ccc(NC4CCCC4)cc3n2)cc1. The highest BCUT2D eigenvalue weighted by Gasteiger charge is 2.15. The zero-order valence-electron chi connectivity index (χ0n) is 12.2. The van der Waals surface area contributed by atoms with Crippen molar-refractivity contribution < 1.29 is 0 Å². The van der Waals surface area contributed by atoms with Gasteiger partial charge in [0.2, 0.25) is 0 Å². The molecule has 1 aliphatic carbocycles. The second-order valence-corrected chi connectivity index (χ2v) is 6.23. The number of benzene rings is 2. The molecule has 0 aliphatic heterocycles. The largest absolute Gasteiger partial charge is 0.382 e. The molecule has 1 aliphatic rings. The van der Waals surface area contributed by atoms with Crippen LogP contribution in [0.25, 0.3) is 16.7 Å². The van der Waals surface area contributed by atoms with Crippen LogP contribution in [0.3, 0.4) is 0 Å². The van der Waals surface area contributed by atoms with Crippen LogP contribution in [0.5, 0.6) is 0 Å². The molecule has 1 heterocycles. The minimum atomic E-state index is 0.601. The van der Waals surface area contributed by atoms with E-state index >= 15 is 0 Å². The molecule has 22 heavy (non-hydrogen) atoms. The molecule has 0 unspecified atom stereocenters. The number of fused-ring (bicyclic) bond motifs is 1. The van der Waals surface area contributed by atoms with E-state index in [2.05, 4.69) is 27.6 Å². The van der Waals surface area contributed by atoms with E-state index < -0.39 is 0 Å². The van der Waals surface area contributed by atoms with Crippen LogP contribution in [0.15, 0.2) is 42.5 Å². The maximum atomic E-state index is 5.92. The van der Waals surface area contributed by atoms with Crippen molar-refractivity contribution in [2.75, 3.05) is 5.32 Å². The summed E-state index contributed by atoms with van der Waals surface area (Å²) in [7, 11) is 0. The molecule has 112 valence electrons. The Hall–Kier alpha value is -2.07. The van der Waals surface area contributed by atoms with E-state index in [0.29, 0.717) is 11.1 Å². The number of nitrogens with one attached hydrogen (secondary N) is 1. The third-order valence-corrected chi connectivity index (χ3v) is 4.42. The number of hydrogen-bond donors (Lipinski definition) is 1. The lowest BCUT2D eigenvalue weighted by Gasteiger charge is -2.12. The fraction of sp³-hybridized carbons (Fsp3) is 0.294. The summed E-state index contributed by atoms with van der Waals surface area (Å²) in [5, 5.41) is 13.4. The molecular weight excluding hydrogens is 296 g/mol. The lowest BCUT2D eigenvalue weighted by Crippen LogP contribution is -2.14. The number of hydrogen-bond acceptors (Lipinski definition) is 3. The molecule has 1 N–H and O–H groups in total. The van der Waals surface area contributed by atoms with Gasteiger partial charge in [0.1, 0.15) is 11.0 Å². The van der Waals surface area contributed by atoms with Gasteiger partial charge in [-0.2, -0.15) is 4.80 Å². The maximum Gasteiger partial charge on any atom is 0.115 e. The molecule has 3 aromatic rings. The Bertz CT molecular complexity index is 788. The average Bonchev–Trinajstić information content (AvgIpc) is 3.17. The quantitative estimate of drug-likeness (QED) is 0.778. The predicted molar refractivity (Wildman–Crippen MR) is 89.8 cm³/mol. The molecule has 2 aromatic carbocycles. The molecule has 1 saturated carbocycles. The van der Waals surface area contributed by atoms with Crippen molar-refractivity contribution in [1.29, 1.82) is 0 Å². The summed E-state index contributed by atoms with van der Waals surface area (Å²) in [6.07, 6.45) is 5.17. The van der Waals surface area contributed by atoms with Crippen molar-refractivity contribution in [2.45, 2.75) is 31.7 Å². The molecule has 4 rings (SSSR count). The minimum Gasteiger partial charge on any atom is -0.382 e. The second-order valence-electron chi connectivity index (χ2n) is 5.80. The third-order valence-electron chi connectivity index (χ3n) is 4.16. The van der Waals surface area contributed by atoms with E-state index in [4.69, 9.17) is 11.6 Å². The molecule has 0 bridgehead atoms. The van der Waals surface area contributed by atoms with E-state index in [1.807, 2.05) is 30.3 Å². The third kappa shape index (κ3) is 2.66. The summed E-state index contributed by atoms with van der Waals surface area (Å²) < 4.78 is 0. The van der Waals surface area contributed by atoms with Crippen LogP contribution in [0.2, 0.25) is 5.02 Å². The Kier molecular flexibility index (Phi) is 3.47. The first-order valence-corrected chi connectivity index (χ1v) is 8.05. The van der Waals surface area contributed by atoms with Gasteiger partial charge in [-0.1, -0.05) is 24.4 Å². The van der Waals surface area contributed by atoms with Gasteiger partial charge in [0.05, 0.1) is 5.69 Å². The van der Waals surface area contributed by atoms with E-state index in [0.717, 1.165) is 22.4 Å². The van der Waals surface area contributed by atoms with Crippen molar-refractivity contribution >= 4 is 28.3 Å². The van der Waals surface area contributed by atoms with Gasteiger partial charge in [-0.3, -0.25) is 0 Å². The minimum absolute atomic E-state index is 0.601. The summed E-state index contributed by atoms with van der Waals surface area (Å²) in [6, 6.07) is 14.3. The second kappa shape index (κ2) is 5.61. The van der Waals surface area contributed by atoms with Crippen molar-refractivity contribution in [3.8, 4) is 5.69 Å². The van der Waals surface area contributed by atoms with Crippen molar-refractivity contribution in [3.05, 3.63) is 47.5 Å². The lowest BCUT2D eigenvalue weighted by atomic mass is 10.2. The number of halogens is 1. The number of nitrogens with zero attached hydrogens (tertiary/aromatic N) is 3. The standard InChI is InChI=1S/C17H17ClN4/c18-12-5-8-15(9-6-12)22-20-16-10-7-14(11-17(16)21-22)19-13-3-1-2-4-13/h5-11,13,19H,1-4H2. The highest BCUT2D eigenvalue weighted by molar-refractivity contribution is 6.30. The lowest BCUT2D eigenvalue weighted by molar-refractivity contribution is 0.755. The van der Waals surface area contributed by atoms with Gasteiger partial charge in [-0.15, -0.1) is 10.2 Å². The highest BCUT2D eigenvalue weighted by atomic mass is 35.5. The van der Waals surface area contributed by atoms with Crippen LogP contribution in [0.4, 0.5) is 5.69 Å². The monoisotopic (exact) mass is 312 g/mol. The van der Waals surface area contributed by atoms with Crippen LogP contribution in [-0.2, 0) is 0 Å². The van der Waals surface area contributed by atoms with E-state index in [1.165, 1.54) is 25.7 Å². The number of aromatic nitrogens is 3. The molecule has 1 fully saturated rings. The highest BCUT2D eigenvalue weighted by Crippen LogP contribution is 2.24. The molecule has 5 heteroatoms. The summed E-state index contributed by atoms with van der Waals surface area (Å²) in [6.45, 7) is 0. The van der Waals surface area contributed by atoms with Gasteiger partial charge in [0.25, 0.3) is 0 Å². The summed E-state index contributed by atoms with van der Waals surface area (Å²) in [4.78, 5) is 1.65. The molecule has 0 spiro atoms. The fourth-order valence-corrected chi connectivity index (χ4v) is 3.13. The molecule has 0 atom stereocenters. The van der Waals surface area contributed by atoms with Crippen LogP contribution >= 0.6 is 11.6 Å². The van der Waals surface area contributed by atoms with Crippen LogP contribution in [-0.4, -0.2) is 21.0 Å². The topological polar surface area (TPSA) is 42.7 Å². The van der Waals surface area contributed by atoms with Crippen LogP contribution in [0, 0.1) is 0 Å². The van der Waals surface area contributed by atoms with Crippen molar-refractivity contribution in [3.63, 3.8) is 0 Å². The molecule has 0 saturated heterocycles. The summed E-state index contributed by atoms with van der Waals surface area (Å²) in [5.74, 6) is 0. The van der Waals surface area contributed by atoms with E-state index in [-0.39, 0.29) is 0 Å². The van der Waals surface area contributed by atoms with E-state index in [1.54, 1.807) is 4.80 Å². The Morgan fingerprint density at radius 1 is 0.955 bits per heavy atom. The van der Waals surface area contributed by atoms with Crippen LogP contribution < -0.4 is 5.32 Å².